The first-order valence-electron chi connectivity index (χ1n) is 20.4. The van der Waals surface area contributed by atoms with E-state index >= 15 is 0 Å². The van der Waals surface area contributed by atoms with Gasteiger partial charge >= 0.3 is 0 Å². The van der Waals surface area contributed by atoms with Crippen molar-refractivity contribution in [2.45, 2.75) is 67.5 Å². The molecule has 56 heavy (non-hydrogen) atoms. The maximum absolute atomic E-state index is 2.78. The maximum Gasteiger partial charge on any atom is 0.248 e. The van der Waals surface area contributed by atoms with Crippen LogP contribution in [0.1, 0.15) is 44.5 Å². The Bertz CT molecular complexity index is 2970. The van der Waals surface area contributed by atoms with Gasteiger partial charge in [0.1, 0.15) is 0 Å². The average molecular weight is 721 g/mol. The van der Waals surface area contributed by atoms with Crippen molar-refractivity contribution in [1.82, 2.24) is 0 Å². The van der Waals surface area contributed by atoms with Crippen LogP contribution in [-0.4, -0.2) is 25.5 Å². The molecule has 0 aromatic heterocycles. The van der Waals surface area contributed by atoms with Crippen LogP contribution in [0.5, 0.6) is 0 Å². The molecule has 0 saturated carbocycles. The maximum atomic E-state index is 2.78. The topological polar surface area (TPSA) is 6.48 Å². The minimum absolute atomic E-state index is 0.0675. The number of aryl methyl sites for hydroxylation is 8. The molecular formula is C52H46B2N2. The van der Waals surface area contributed by atoms with Gasteiger partial charge in [-0.2, -0.15) is 0 Å². The molecule has 11 rings (SSSR count). The van der Waals surface area contributed by atoms with Gasteiger partial charge < -0.3 is 9.80 Å². The third-order valence-corrected chi connectivity index (χ3v) is 13.5. The van der Waals surface area contributed by atoms with Gasteiger partial charge in [-0.25, -0.2) is 0 Å². The molecule has 2 unspecified atom stereocenters. The van der Waals surface area contributed by atoms with Crippen LogP contribution < -0.4 is 47.6 Å². The van der Waals surface area contributed by atoms with Crippen LogP contribution in [0.4, 0.5) is 22.7 Å². The van der Waals surface area contributed by atoms with E-state index in [1.807, 2.05) is 0 Å². The van der Waals surface area contributed by atoms with E-state index in [0.29, 0.717) is 0 Å². The highest BCUT2D eigenvalue weighted by molar-refractivity contribution is 7.01. The third kappa shape index (κ3) is 4.53. The van der Waals surface area contributed by atoms with Crippen molar-refractivity contribution < 1.29 is 0 Å². The Labute approximate surface area is 332 Å². The van der Waals surface area contributed by atoms with Crippen LogP contribution in [0.2, 0.25) is 0 Å². The molecule has 0 spiro atoms. The molecule has 3 aliphatic heterocycles. The summed E-state index contributed by atoms with van der Waals surface area (Å²) in [6.45, 7) is 18.5. The molecular weight excluding hydrogens is 674 g/mol. The standard InChI is InChI=1S/C52H46B2N2/c1-29-17-19-43-41(25-29)53(47-33(5)21-31(3)22-34(47)6)49-39-15-11-9-13-37(39)28-46-51(49)55(43)45-27-38-14-10-12-16-40(38)50-52(45)56(46)44-20-18-30(2)26-42(44)54(50)48-35(7)23-32(4)24-36(48)8/h9-28,45,52H,1-8H3. The minimum Gasteiger partial charge on any atom is -0.331 e. The zero-order valence-corrected chi connectivity index (χ0v) is 33.8. The van der Waals surface area contributed by atoms with Crippen LogP contribution in [-0.2, 0) is 0 Å². The fourth-order valence-corrected chi connectivity index (χ4v) is 11.8. The average Bonchev–Trinajstić information content (AvgIpc) is 3.16. The van der Waals surface area contributed by atoms with Crippen LogP contribution in [0.3, 0.4) is 0 Å². The smallest absolute Gasteiger partial charge is 0.248 e. The molecule has 0 N–H and O–H groups in total. The Morgan fingerprint density at radius 2 is 1.02 bits per heavy atom. The predicted molar refractivity (Wildman–Crippen MR) is 243 cm³/mol. The summed E-state index contributed by atoms with van der Waals surface area (Å²) in [5, 5.41) is 5.35. The van der Waals surface area contributed by atoms with Crippen molar-refractivity contribution in [3.63, 3.8) is 0 Å². The van der Waals surface area contributed by atoms with Crippen molar-refractivity contribution in [2.75, 3.05) is 9.80 Å². The number of nitrogens with zero attached hydrogens (tertiary/aromatic N) is 2. The zero-order valence-electron chi connectivity index (χ0n) is 33.8. The van der Waals surface area contributed by atoms with Crippen molar-refractivity contribution in [2.24, 2.45) is 0 Å². The van der Waals surface area contributed by atoms with Crippen molar-refractivity contribution >= 4 is 85.8 Å². The second-order valence-electron chi connectivity index (χ2n) is 17.4. The summed E-state index contributed by atoms with van der Waals surface area (Å²) < 4.78 is 0. The van der Waals surface area contributed by atoms with Gasteiger partial charge in [-0.3, -0.25) is 0 Å². The molecule has 2 atom stereocenters. The molecule has 0 fully saturated rings. The summed E-state index contributed by atoms with van der Waals surface area (Å²) >= 11 is 0. The molecule has 0 amide bonds. The lowest BCUT2D eigenvalue weighted by Crippen LogP contribution is -2.70. The second kappa shape index (κ2) is 11.9. The van der Waals surface area contributed by atoms with Crippen LogP contribution in [0.25, 0.3) is 22.3 Å². The molecule has 7 aromatic carbocycles. The minimum atomic E-state index is 0.0675. The molecule has 4 heteroatoms. The van der Waals surface area contributed by atoms with E-state index in [-0.39, 0.29) is 25.5 Å². The van der Waals surface area contributed by atoms with E-state index in [4.69, 9.17) is 0 Å². The highest BCUT2D eigenvalue weighted by Crippen LogP contribution is 2.52. The van der Waals surface area contributed by atoms with E-state index in [1.54, 1.807) is 0 Å². The van der Waals surface area contributed by atoms with Crippen molar-refractivity contribution in [3.05, 3.63) is 170 Å². The zero-order chi connectivity index (χ0) is 38.3. The number of rotatable bonds is 2. The van der Waals surface area contributed by atoms with Gasteiger partial charge in [0.15, 0.2) is 0 Å². The lowest BCUT2D eigenvalue weighted by Gasteiger charge is -2.57. The first-order chi connectivity index (χ1) is 27.1. The summed E-state index contributed by atoms with van der Waals surface area (Å²) in [7, 11) is 0. The van der Waals surface area contributed by atoms with Crippen molar-refractivity contribution in [3.8, 4) is 0 Å². The lowest BCUT2D eigenvalue weighted by atomic mass is 9.30. The molecule has 1 aliphatic carbocycles. The molecule has 7 aromatic rings. The first-order valence-corrected chi connectivity index (χ1v) is 20.4. The summed E-state index contributed by atoms with van der Waals surface area (Å²) in [5.41, 5.74) is 24.7. The summed E-state index contributed by atoms with van der Waals surface area (Å²) in [6.07, 6.45) is 2.61. The largest absolute Gasteiger partial charge is 0.331 e. The van der Waals surface area contributed by atoms with Crippen molar-refractivity contribution in [1.29, 1.82) is 0 Å². The number of fused-ring (bicyclic) bond motifs is 9. The fourth-order valence-electron chi connectivity index (χ4n) is 11.8. The van der Waals surface area contributed by atoms with Gasteiger partial charge in [-0.1, -0.05) is 164 Å². The van der Waals surface area contributed by atoms with Crippen LogP contribution >= 0.6 is 0 Å². The number of hydrogen-bond acceptors (Lipinski definition) is 2. The van der Waals surface area contributed by atoms with Gasteiger partial charge in [0.25, 0.3) is 0 Å². The van der Waals surface area contributed by atoms with E-state index in [1.165, 1.54) is 121 Å². The van der Waals surface area contributed by atoms with Gasteiger partial charge in [0.05, 0.1) is 23.5 Å². The van der Waals surface area contributed by atoms with E-state index < -0.39 is 0 Å². The Morgan fingerprint density at radius 3 is 1.68 bits per heavy atom. The quantitative estimate of drug-likeness (QED) is 0.178. The molecule has 0 bridgehead atoms. The second-order valence-corrected chi connectivity index (χ2v) is 17.4. The van der Waals surface area contributed by atoms with E-state index in [9.17, 15) is 0 Å². The molecule has 4 aliphatic rings. The summed E-state index contributed by atoms with van der Waals surface area (Å²) in [6, 6.07) is 45.2. The Hall–Kier alpha value is -5.73. The molecule has 2 nitrogen and oxygen atoms in total. The highest BCUT2D eigenvalue weighted by atomic mass is 15.3. The van der Waals surface area contributed by atoms with Crippen LogP contribution in [0.15, 0.2) is 115 Å². The third-order valence-electron chi connectivity index (χ3n) is 13.5. The molecule has 0 saturated heterocycles. The lowest BCUT2D eigenvalue weighted by molar-refractivity contribution is 0.676. The summed E-state index contributed by atoms with van der Waals surface area (Å²) in [5.74, 6) is 0. The van der Waals surface area contributed by atoms with Gasteiger partial charge in [0, 0.05) is 11.4 Å². The normalized spacial score (nSPS) is 17.2. The fraction of sp³-hybridized carbons (Fsp3) is 0.192. The number of hydrogen-bond donors (Lipinski definition) is 0. The molecule has 270 valence electrons. The number of benzene rings is 7. The molecule has 0 radical (unpaired) electrons. The Kier molecular flexibility index (Phi) is 7.13. The first kappa shape index (κ1) is 33.6. The van der Waals surface area contributed by atoms with Gasteiger partial charge in [-0.15, -0.1) is 0 Å². The monoisotopic (exact) mass is 720 g/mol. The Balaban J connectivity index is 1.33. The molecule has 3 heterocycles. The number of anilines is 4. The van der Waals surface area contributed by atoms with E-state index in [2.05, 4.69) is 187 Å². The van der Waals surface area contributed by atoms with Gasteiger partial charge in [-0.05, 0) is 111 Å². The highest BCUT2D eigenvalue weighted by Gasteiger charge is 2.54. The Morgan fingerprint density at radius 1 is 0.464 bits per heavy atom. The van der Waals surface area contributed by atoms with Crippen LogP contribution in [0, 0.1) is 55.4 Å². The van der Waals surface area contributed by atoms with Gasteiger partial charge in [0.2, 0.25) is 13.4 Å². The SMILES string of the molecule is Cc1cc(C)c(B2C3=c4ccccc4=CC4C3N(c3ccc(C)cc32)c2cc3ccccc3c3c2N4c2ccc(C)cc2B3c2c(C)cc(C)cc2C)c(C)c1. The predicted octanol–water partition coefficient (Wildman–Crippen LogP) is 6.97. The summed E-state index contributed by atoms with van der Waals surface area (Å²) in [4.78, 5) is 5.56. The van der Waals surface area contributed by atoms with E-state index in [0.717, 1.165) is 0 Å².